The summed E-state index contributed by atoms with van der Waals surface area (Å²) in [6.07, 6.45) is 3.49. The number of hydrogen-bond donors (Lipinski definition) is 1. The van der Waals surface area contributed by atoms with Crippen molar-refractivity contribution in [3.05, 3.63) is 46.5 Å². The lowest BCUT2D eigenvalue weighted by atomic mass is 9.95. The normalized spacial score (nSPS) is 15.9. The van der Waals surface area contributed by atoms with E-state index < -0.39 is 0 Å². The standard InChI is InChI=1S/C21H28N4O2S/c1-14(2)25-20(22-23-21(25)28)16-9-11-24(12-10-16)19(26)13-15(3)17-7-5-6-8-18(17)27-4/h5-8,13-14,16H,9-12H2,1-4H3,(H,23,28)/b15-13+. The van der Waals surface area contributed by atoms with Gasteiger partial charge >= 0.3 is 0 Å². The van der Waals surface area contributed by atoms with Crippen LogP contribution < -0.4 is 4.74 Å². The Bertz CT molecular complexity index is 920. The number of nitrogens with zero attached hydrogens (tertiary/aromatic N) is 3. The Hall–Kier alpha value is -2.41. The van der Waals surface area contributed by atoms with Crippen LogP contribution in [-0.4, -0.2) is 45.8 Å². The third-order valence-corrected chi connectivity index (χ3v) is 5.58. The maximum atomic E-state index is 12.8. The second-order valence-corrected chi connectivity index (χ2v) is 7.86. The molecule has 1 aliphatic rings. The highest BCUT2D eigenvalue weighted by molar-refractivity contribution is 7.71. The molecule has 0 spiro atoms. The molecule has 0 atom stereocenters. The number of likely N-dealkylation sites (tertiary alicyclic amines) is 1. The van der Waals surface area contributed by atoms with E-state index in [4.69, 9.17) is 17.0 Å². The Kier molecular flexibility index (Phi) is 6.34. The van der Waals surface area contributed by atoms with Crippen molar-refractivity contribution in [2.75, 3.05) is 20.2 Å². The van der Waals surface area contributed by atoms with Gasteiger partial charge in [-0.25, -0.2) is 0 Å². The number of H-pyrrole nitrogens is 1. The molecule has 0 unspecified atom stereocenters. The molecule has 1 aromatic carbocycles. The van der Waals surface area contributed by atoms with Crippen LogP contribution in [0.1, 0.15) is 57.0 Å². The molecule has 1 fully saturated rings. The van der Waals surface area contributed by atoms with Crippen molar-refractivity contribution >= 4 is 23.7 Å². The predicted molar refractivity (Wildman–Crippen MR) is 113 cm³/mol. The molecule has 7 heteroatoms. The molecule has 1 N–H and O–H groups in total. The van der Waals surface area contributed by atoms with Gasteiger partial charge in [0.15, 0.2) is 4.77 Å². The van der Waals surface area contributed by atoms with Crippen molar-refractivity contribution in [2.45, 2.75) is 45.6 Å². The van der Waals surface area contributed by atoms with E-state index in [1.807, 2.05) is 36.1 Å². The van der Waals surface area contributed by atoms with E-state index >= 15 is 0 Å². The molecule has 0 aliphatic carbocycles. The van der Waals surface area contributed by atoms with E-state index in [-0.39, 0.29) is 11.9 Å². The lowest BCUT2D eigenvalue weighted by Gasteiger charge is -2.31. The van der Waals surface area contributed by atoms with Gasteiger partial charge in [0.2, 0.25) is 5.91 Å². The van der Waals surface area contributed by atoms with Gasteiger partial charge in [-0.2, -0.15) is 5.10 Å². The minimum atomic E-state index is 0.0459. The first-order valence-electron chi connectivity index (χ1n) is 9.69. The molecule has 2 heterocycles. The smallest absolute Gasteiger partial charge is 0.246 e. The fraction of sp³-hybridized carbons (Fsp3) is 0.476. The number of hydrogen-bond acceptors (Lipinski definition) is 4. The lowest BCUT2D eigenvalue weighted by molar-refractivity contribution is -0.127. The largest absolute Gasteiger partial charge is 0.496 e. The fourth-order valence-corrected chi connectivity index (χ4v) is 4.14. The van der Waals surface area contributed by atoms with Crippen LogP contribution in [0.4, 0.5) is 0 Å². The Morgan fingerprint density at radius 1 is 1.32 bits per heavy atom. The Balaban J connectivity index is 1.68. The number of amides is 1. The summed E-state index contributed by atoms with van der Waals surface area (Å²) in [5, 5.41) is 7.37. The summed E-state index contributed by atoms with van der Waals surface area (Å²) < 4.78 is 8.15. The van der Waals surface area contributed by atoms with Crippen LogP contribution in [0.25, 0.3) is 5.57 Å². The third kappa shape index (κ3) is 4.19. The molecule has 1 aliphatic heterocycles. The molecule has 3 rings (SSSR count). The summed E-state index contributed by atoms with van der Waals surface area (Å²) in [5.74, 6) is 2.15. The number of benzene rings is 1. The van der Waals surface area contributed by atoms with Gasteiger partial charge < -0.3 is 14.2 Å². The maximum absolute atomic E-state index is 12.8. The molecule has 2 aromatic rings. The van der Waals surface area contributed by atoms with Gasteiger partial charge in [0.05, 0.1) is 7.11 Å². The van der Waals surface area contributed by atoms with Crippen molar-refractivity contribution < 1.29 is 9.53 Å². The van der Waals surface area contributed by atoms with E-state index in [0.29, 0.717) is 10.7 Å². The second kappa shape index (κ2) is 8.73. The molecular formula is C21H28N4O2S. The monoisotopic (exact) mass is 400 g/mol. The zero-order valence-electron chi connectivity index (χ0n) is 16.9. The fourth-order valence-electron chi connectivity index (χ4n) is 3.79. The topological polar surface area (TPSA) is 63.1 Å². The van der Waals surface area contributed by atoms with Crippen LogP contribution in [0, 0.1) is 4.77 Å². The van der Waals surface area contributed by atoms with E-state index in [0.717, 1.165) is 48.6 Å². The predicted octanol–water partition coefficient (Wildman–Crippen LogP) is 4.34. The number of rotatable bonds is 5. The Labute approximate surface area is 171 Å². The number of carbonyl (C=O) groups excluding carboxylic acids is 1. The van der Waals surface area contributed by atoms with Gasteiger partial charge in [0.1, 0.15) is 11.6 Å². The Morgan fingerprint density at radius 3 is 2.64 bits per heavy atom. The van der Waals surface area contributed by atoms with Gasteiger partial charge in [-0.15, -0.1) is 0 Å². The molecule has 1 amide bonds. The highest BCUT2D eigenvalue weighted by atomic mass is 32.1. The summed E-state index contributed by atoms with van der Waals surface area (Å²) in [5.41, 5.74) is 1.85. The number of ether oxygens (including phenoxy) is 1. The van der Waals surface area contributed by atoms with Crippen molar-refractivity contribution in [1.82, 2.24) is 19.7 Å². The van der Waals surface area contributed by atoms with Gasteiger partial charge in [-0.1, -0.05) is 18.2 Å². The number of aromatic nitrogens is 3. The summed E-state index contributed by atoms with van der Waals surface area (Å²) >= 11 is 5.36. The summed E-state index contributed by atoms with van der Waals surface area (Å²) in [7, 11) is 1.64. The van der Waals surface area contributed by atoms with Crippen molar-refractivity contribution in [3.8, 4) is 5.75 Å². The number of nitrogens with one attached hydrogen (secondary N) is 1. The highest BCUT2D eigenvalue weighted by Crippen LogP contribution is 2.29. The molecular weight excluding hydrogens is 372 g/mol. The average Bonchev–Trinajstić information content (AvgIpc) is 3.09. The van der Waals surface area contributed by atoms with Gasteiger partial charge in [-0.05, 0) is 57.5 Å². The summed E-state index contributed by atoms with van der Waals surface area (Å²) in [6.45, 7) is 7.61. The van der Waals surface area contributed by atoms with Crippen LogP contribution >= 0.6 is 12.2 Å². The maximum Gasteiger partial charge on any atom is 0.246 e. The highest BCUT2D eigenvalue weighted by Gasteiger charge is 2.27. The molecule has 0 saturated carbocycles. The first-order valence-corrected chi connectivity index (χ1v) is 10.1. The first kappa shape index (κ1) is 20.3. The Morgan fingerprint density at radius 2 is 2.00 bits per heavy atom. The number of carbonyl (C=O) groups is 1. The minimum absolute atomic E-state index is 0.0459. The van der Waals surface area contributed by atoms with Crippen LogP contribution in [0.15, 0.2) is 30.3 Å². The zero-order valence-corrected chi connectivity index (χ0v) is 17.8. The van der Waals surface area contributed by atoms with Gasteiger partial charge in [-0.3, -0.25) is 9.89 Å². The van der Waals surface area contributed by atoms with Crippen molar-refractivity contribution in [2.24, 2.45) is 0 Å². The van der Waals surface area contributed by atoms with Crippen LogP contribution in [0.3, 0.4) is 0 Å². The summed E-state index contributed by atoms with van der Waals surface area (Å²) in [6, 6.07) is 8.02. The van der Waals surface area contributed by atoms with Gasteiger partial charge in [0.25, 0.3) is 0 Å². The SMILES string of the molecule is COc1ccccc1/C(C)=C/C(=O)N1CCC(c2n[nH]c(=S)n2C(C)C)CC1. The number of aromatic amines is 1. The molecule has 6 nitrogen and oxygen atoms in total. The number of methoxy groups -OCH3 is 1. The van der Waals surface area contributed by atoms with Crippen LogP contribution in [0.5, 0.6) is 5.75 Å². The quantitative estimate of drug-likeness (QED) is 0.599. The van der Waals surface area contributed by atoms with Crippen LogP contribution in [0.2, 0.25) is 0 Å². The van der Waals surface area contributed by atoms with E-state index in [1.165, 1.54) is 0 Å². The average molecular weight is 401 g/mol. The first-order chi connectivity index (χ1) is 13.4. The molecule has 1 aromatic heterocycles. The van der Waals surface area contributed by atoms with Crippen molar-refractivity contribution in [1.29, 1.82) is 0 Å². The second-order valence-electron chi connectivity index (χ2n) is 7.48. The van der Waals surface area contributed by atoms with Gasteiger partial charge in [0, 0.05) is 36.7 Å². The lowest BCUT2D eigenvalue weighted by Crippen LogP contribution is -2.37. The number of piperidine rings is 1. The summed E-state index contributed by atoms with van der Waals surface area (Å²) in [4.78, 5) is 14.7. The molecule has 0 radical (unpaired) electrons. The molecule has 0 bridgehead atoms. The van der Waals surface area contributed by atoms with E-state index in [9.17, 15) is 4.79 Å². The molecule has 1 saturated heterocycles. The van der Waals surface area contributed by atoms with Crippen molar-refractivity contribution in [3.63, 3.8) is 0 Å². The number of para-hydroxylation sites is 1. The van der Waals surface area contributed by atoms with Crippen LogP contribution in [-0.2, 0) is 4.79 Å². The number of allylic oxidation sites excluding steroid dienone is 1. The zero-order chi connectivity index (χ0) is 20.3. The third-order valence-electron chi connectivity index (χ3n) is 5.29. The molecule has 28 heavy (non-hydrogen) atoms. The molecule has 150 valence electrons. The van der Waals surface area contributed by atoms with E-state index in [1.54, 1.807) is 13.2 Å². The van der Waals surface area contributed by atoms with E-state index in [2.05, 4.69) is 28.6 Å². The minimum Gasteiger partial charge on any atom is -0.496 e.